The van der Waals surface area contributed by atoms with Crippen LogP contribution in [-0.2, 0) is 14.3 Å². The summed E-state index contributed by atoms with van der Waals surface area (Å²) < 4.78 is 11.1. The molecule has 0 spiro atoms. The fraction of sp³-hybridized carbons (Fsp3) is 0.500. The Morgan fingerprint density at radius 3 is 2.68 bits per heavy atom. The minimum absolute atomic E-state index is 0.0594. The number of benzene rings is 1. The molecule has 0 radical (unpaired) electrons. The molecule has 2 N–H and O–H groups in total. The van der Waals surface area contributed by atoms with Gasteiger partial charge in [-0.05, 0) is 43.5 Å². The lowest BCUT2D eigenvalue weighted by molar-refractivity contribution is -0.148. The van der Waals surface area contributed by atoms with Crippen LogP contribution in [0.5, 0.6) is 0 Å². The SMILES string of the molecule is CCOC(=O)COCC(N)c1cc(C)c(Br)cc1C. The van der Waals surface area contributed by atoms with Gasteiger partial charge in [-0.1, -0.05) is 22.0 Å². The van der Waals surface area contributed by atoms with E-state index in [2.05, 4.69) is 15.9 Å². The molecule has 5 heteroatoms. The molecule has 0 aliphatic rings. The number of rotatable bonds is 6. The summed E-state index contributed by atoms with van der Waals surface area (Å²) in [4.78, 5) is 11.1. The largest absolute Gasteiger partial charge is 0.464 e. The summed E-state index contributed by atoms with van der Waals surface area (Å²) in [7, 11) is 0. The van der Waals surface area contributed by atoms with Gasteiger partial charge in [-0.3, -0.25) is 0 Å². The molecule has 1 rings (SSSR count). The third-order valence-electron chi connectivity index (χ3n) is 2.77. The number of halogens is 1. The predicted octanol–water partition coefficient (Wildman–Crippen LogP) is 2.65. The smallest absolute Gasteiger partial charge is 0.332 e. The van der Waals surface area contributed by atoms with Crippen LogP contribution in [0.15, 0.2) is 16.6 Å². The zero-order valence-corrected chi connectivity index (χ0v) is 13.1. The molecule has 1 aromatic rings. The van der Waals surface area contributed by atoms with Gasteiger partial charge in [0.25, 0.3) is 0 Å². The number of nitrogens with two attached hydrogens (primary N) is 1. The van der Waals surface area contributed by atoms with Crippen molar-refractivity contribution in [3.8, 4) is 0 Å². The lowest BCUT2D eigenvalue weighted by atomic mass is 10.00. The highest BCUT2D eigenvalue weighted by Crippen LogP contribution is 2.24. The fourth-order valence-corrected chi connectivity index (χ4v) is 2.22. The van der Waals surface area contributed by atoms with Crippen molar-refractivity contribution in [1.82, 2.24) is 0 Å². The van der Waals surface area contributed by atoms with Crippen LogP contribution in [0.3, 0.4) is 0 Å². The first-order valence-corrected chi connectivity index (χ1v) is 7.00. The van der Waals surface area contributed by atoms with Gasteiger partial charge in [0, 0.05) is 4.47 Å². The third-order valence-corrected chi connectivity index (χ3v) is 3.62. The molecule has 1 atom stereocenters. The highest BCUT2D eigenvalue weighted by atomic mass is 79.9. The van der Waals surface area contributed by atoms with E-state index in [4.69, 9.17) is 15.2 Å². The van der Waals surface area contributed by atoms with Crippen LogP contribution in [0.25, 0.3) is 0 Å². The molecule has 0 bridgehead atoms. The molecule has 0 aliphatic heterocycles. The number of hydrogen-bond donors (Lipinski definition) is 1. The predicted molar refractivity (Wildman–Crippen MR) is 78.0 cm³/mol. The van der Waals surface area contributed by atoms with Gasteiger partial charge in [0.05, 0.1) is 19.3 Å². The van der Waals surface area contributed by atoms with E-state index in [1.54, 1.807) is 6.92 Å². The Balaban J connectivity index is 2.56. The van der Waals surface area contributed by atoms with E-state index in [-0.39, 0.29) is 18.6 Å². The maximum Gasteiger partial charge on any atom is 0.332 e. The summed E-state index contributed by atoms with van der Waals surface area (Å²) in [5, 5.41) is 0. The average molecular weight is 330 g/mol. The molecule has 0 aromatic heterocycles. The minimum atomic E-state index is -0.363. The van der Waals surface area contributed by atoms with E-state index in [9.17, 15) is 4.79 Å². The number of carbonyl (C=O) groups excluding carboxylic acids is 1. The fourth-order valence-electron chi connectivity index (χ4n) is 1.76. The molecule has 1 unspecified atom stereocenters. The van der Waals surface area contributed by atoms with E-state index >= 15 is 0 Å². The molecule has 4 nitrogen and oxygen atoms in total. The number of aryl methyl sites for hydroxylation is 2. The maximum atomic E-state index is 11.1. The number of hydrogen-bond acceptors (Lipinski definition) is 4. The van der Waals surface area contributed by atoms with E-state index in [1.807, 2.05) is 26.0 Å². The van der Waals surface area contributed by atoms with Gasteiger partial charge in [-0.2, -0.15) is 0 Å². The number of esters is 1. The molecular formula is C14H20BrNO3. The number of carbonyl (C=O) groups is 1. The van der Waals surface area contributed by atoms with Crippen molar-refractivity contribution in [2.45, 2.75) is 26.8 Å². The standard InChI is InChI=1S/C14H20BrNO3/c1-4-19-14(17)8-18-7-13(16)11-5-10(3)12(15)6-9(11)2/h5-6,13H,4,7-8,16H2,1-3H3. The number of ether oxygens (including phenoxy) is 2. The van der Waals surface area contributed by atoms with E-state index in [0.717, 1.165) is 21.2 Å². The lowest BCUT2D eigenvalue weighted by Crippen LogP contribution is -2.21. The van der Waals surface area contributed by atoms with Crippen LogP contribution in [0.4, 0.5) is 0 Å². The lowest BCUT2D eigenvalue weighted by Gasteiger charge is -2.16. The minimum Gasteiger partial charge on any atom is -0.464 e. The molecule has 19 heavy (non-hydrogen) atoms. The molecule has 0 saturated heterocycles. The van der Waals surface area contributed by atoms with Gasteiger partial charge in [-0.15, -0.1) is 0 Å². The average Bonchev–Trinajstić information content (AvgIpc) is 2.34. The quantitative estimate of drug-likeness (QED) is 0.815. The van der Waals surface area contributed by atoms with Crippen LogP contribution >= 0.6 is 15.9 Å². The van der Waals surface area contributed by atoms with Crippen molar-refractivity contribution in [2.75, 3.05) is 19.8 Å². The summed E-state index contributed by atoms with van der Waals surface area (Å²) in [5.74, 6) is -0.363. The zero-order valence-electron chi connectivity index (χ0n) is 11.5. The maximum absolute atomic E-state index is 11.1. The van der Waals surface area contributed by atoms with Crippen LogP contribution in [-0.4, -0.2) is 25.8 Å². The summed E-state index contributed by atoms with van der Waals surface area (Å²) >= 11 is 3.49. The molecule has 1 aromatic carbocycles. The summed E-state index contributed by atoms with van der Waals surface area (Å²) in [6, 6.07) is 3.83. The van der Waals surface area contributed by atoms with Gasteiger partial charge < -0.3 is 15.2 Å². The van der Waals surface area contributed by atoms with E-state index < -0.39 is 0 Å². The molecule has 0 amide bonds. The molecular weight excluding hydrogens is 310 g/mol. The molecule has 0 aliphatic carbocycles. The Labute approximate surface area is 122 Å². The monoisotopic (exact) mass is 329 g/mol. The van der Waals surface area contributed by atoms with E-state index in [1.165, 1.54) is 0 Å². The Hall–Kier alpha value is -0.910. The molecule has 106 valence electrons. The van der Waals surface area contributed by atoms with Crippen molar-refractivity contribution in [3.63, 3.8) is 0 Å². The van der Waals surface area contributed by atoms with E-state index in [0.29, 0.717) is 13.2 Å². The van der Waals surface area contributed by atoms with Crippen LogP contribution in [0.2, 0.25) is 0 Å². The summed E-state index contributed by atoms with van der Waals surface area (Å²) in [5.41, 5.74) is 9.34. The first kappa shape index (κ1) is 16.1. The Morgan fingerprint density at radius 1 is 1.37 bits per heavy atom. The van der Waals surface area contributed by atoms with Crippen LogP contribution in [0, 0.1) is 13.8 Å². The Morgan fingerprint density at radius 2 is 2.05 bits per heavy atom. The first-order chi connectivity index (χ1) is 8.95. The highest BCUT2D eigenvalue weighted by Gasteiger charge is 2.12. The van der Waals surface area contributed by atoms with Gasteiger partial charge in [-0.25, -0.2) is 4.79 Å². The molecule has 0 saturated carbocycles. The molecule has 0 fully saturated rings. The van der Waals surface area contributed by atoms with Crippen LogP contribution in [0.1, 0.15) is 29.7 Å². The highest BCUT2D eigenvalue weighted by molar-refractivity contribution is 9.10. The summed E-state index contributed by atoms with van der Waals surface area (Å²) in [6.07, 6.45) is 0. The first-order valence-electron chi connectivity index (χ1n) is 6.21. The van der Waals surface area contributed by atoms with Crippen molar-refractivity contribution in [2.24, 2.45) is 5.73 Å². The Bertz CT molecular complexity index is 449. The van der Waals surface area contributed by atoms with Crippen LogP contribution < -0.4 is 5.73 Å². The second kappa shape index (κ2) is 7.62. The van der Waals surface area contributed by atoms with Crippen molar-refractivity contribution >= 4 is 21.9 Å². The third kappa shape index (κ3) is 4.93. The Kier molecular flexibility index (Phi) is 6.48. The van der Waals surface area contributed by atoms with Gasteiger partial charge >= 0.3 is 5.97 Å². The molecule has 0 heterocycles. The second-order valence-corrected chi connectivity index (χ2v) is 5.24. The second-order valence-electron chi connectivity index (χ2n) is 4.38. The van der Waals surface area contributed by atoms with Gasteiger partial charge in [0.2, 0.25) is 0 Å². The van der Waals surface area contributed by atoms with Crippen molar-refractivity contribution in [1.29, 1.82) is 0 Å². The van der Waals surface area contributed by atoms with Crippen molar-refractivity contribution < 1.29 is 14.3 Å². The van der Waals surface area contributed by atoms with Gasteiger partial charge in [0.1, 0.15) is 6.61 Å². The zero-order chi connectivity index (χ0) is 14.4. The summed E-state index contributed by atoms with van der Waals surface area (Å²) in [6.45, 7) is 6.37. The normalized spacial score (nSPS) is 12.3. The topological polar surface area (TPSA) is 61.5 Å². The van der Waals surface area contributed by atoms with Gasteiger partial charge in [0.15, 0.2) is 0 Å². The van der Waals surface area contributed by atoms with Crippen molar-refractivity contribution in [3.05, 3.63) is 33.3 Å².